The number of carbonyl (C=O) groups is 1. The molecule has 0 saturated carbocycles. The Labute approximate surface area is 86.1 Å². The van der Waals surface area contributed by atoms with Gasteiger partial charge in [0, 0.05) is 13.0 Å². The van der Waals surface area contributed by atoms with Crippen LogP contribution in [0.5, 0.6) is 0 Å². The highest BCUT2D eigenvalue weighted by Gasteiger charge is 2.04. The van der Waals surface area contributed by atoms with Gasteiger partial charge in [-0.1, -0.05) is 27.4 Å². The summed E-state index contributed by atoms with van der Waals surface area (Å²) in [6, 6.07) is 0. The molecule has 0 aliphatic heterocycles. The second-order valence-corrected chi connectivity index (χ2v) is 3.60. The van der Waals surface area contributed by atoms with Gasteiger partial charge in [-0.05, 0) is 12.3 Å². The molecule has 0 aromatic carbocycles. The molecule has 0 rings (SSSR count). The highest BCUT2D eigenvalue weighted by Crippen LogP contribution is 2.01. The van der Waals surface area contributed by atoms with Gasteiger partial charge in [0.15, 0.2) is 0 Å². The Morgan fingerprint density at radius 1 is 1.43 bits per heavy atom. The Bertz CT molecular complexity index is 185. The third-order valence-electron chi connectivity index (χ3n) is 1.71. The van der Waals surface area contributed by atoms with E-state index in [1.54, 1.807) is 0 Å². The van der Waals surface area contributed by atoms with Crippen LogP contribution in [0.3, 0.4) is 0 Å². The van der Waals surface area contributed by atoms with Crippen molar-refractivity contribution >= 4 is 5.97 Å². The number of allylic oxidation sites excluding steroid dienone is 1. The zero-order valence-corrected chi connectivity index (χ0v) is 9.34. The van der Waals surface area contributed by atoms with Crippen LogP contribution >= 0.6 is 0 Å². The van der Waals surface area contributed by atoms with Crippen LogP contribution in [-0.2, 0) is 14.3 Å². The first kappa shape index (κ1) is 13.2. The third kappa shape index (κ3) is 7.80. The highest BCUT2D eigenvalue weighted by molar-refractivity contribution is 5.71. The maximum Gasteiger partial charge on any atom is 0.337 e. The van der Waals surface area contributed by atoms with Gasteiger partial charge in [0.05, 0.1) is 0 Å². The number of rotatable bonds is 7. The fourth-order valence-corrected chi connectivity index (χ4v) is 0.737. The Morgan fingerprint density at radius 3 is 2.57 bits per heavy atom. The molecule has 3 heteroatoms. The Morgan fingerprint density at radius 2 is 2.07 bits per heavy atom. The summed E-state index contributed by atoms with van der Waals surface area (Å²) >= 11 is 0. The van der Waals surface area contributed by atoms with E-state index in [0.29, 0.717) is 24.7 Å². The van der Waals surface area contributed by atoms with E-state index in [1.807, 2.05) is 6.92 Å². The molecule has 0 aliphatic rings. The normalized spacial score (nSPS) is 10.3. The number of carbonyl (C=O) groups excluding carboxylic acids is 1. The van der Waals surface area contributed by atoms with Crippen molar-refractivity contribution < 1.29 is 14.3 Å². The van der Waals surface area contributed by atoms with Crippen LogP contribution in [0, 0.1) is 5.92 Å². The molecular weight excluding hydrogens is 180 g/mol. The van der Waals surface area contributed by atoms with Crippen molar-refractivity contribution in [2.24, 2.45) is 5.92 Å². The van der Waals surface area contributed by atoms with E-state index in [0.717, 1.165) is 6.42 Å². The number of hydrogen-bond acceptors (Lipinski definition) is 3. The lowest BCUT2D eigenvalue weighted by Crippen LogP contribution is -2.13. The average Bonchev–Trinajstić information content (AvgIpc) is 2.12. The van der Waals surface area contributed by atoms with Gasteiger partial charge < -0.3 is 9.47 Å². The summed E-state index contributed by atoms with van der Waals surface area (Å²) in [7, 11) is 0. The molecule has 0 bridgehead atoms. The maximum atomic E-state index is 11.0. The minimum atomic E-state index is -0.361. The smallest absolute Gasteiger partial charge is 0.337 e. The van der Waals surface area contributed by atoms with E-state index in [-0.39, 0.29) is 12.6 Å². The second-order valence-electron chi connectivity index (χ2n) is 3.60. The number of ether oxygens (including phenoxy) is 2. The van der Waals surface area contributed by atoms with Crippen LogP contribution < -0.4 is 0 Å². The molecule has 0 unspecified atom stereocenters. The van der Waals surface area contributed by atoms with E-state index >= 15 is 0 Å². The monoisotopic (exact) mass is 200 g/mol. The van der Waals surface area contributed by atoms with Gasteiger partial charge in [0.2, 0.25) is 0 Å². The Hall–Kier alpha value is -0.830. The zero-order chi connectivity index (χ0) is 11.0. The van der Waals surface area contributed by atoms with Crippen LogP contribution in [0.15, 0.2) is 12.3 Å². The van der Waals surface area contributed by atoms with Crippen molar-refractivity contribution in [2.75, 3.05) is 13.2 Å². The summed E-state index contributed by atoms with van der Waals surface area (Å²) in [6.45, 7) is 10.3. The molecule has 0 amide bonds. The molecule has 0 aromatic rings. The van der Waals surface area contributed by atoms with Crippen molar-refractivity contribution in [3.8, 4) is 0 Å². The predicted octanol–water partition coefficient (Wildman–Crippen LogP) is 2.52. The lowest BCUT2D eigenvalue weighted by Gasteiger charge is -2.07. The molecule has 0 heterocycles. The van der Waals surface area contributed by atoms with Crippen LogP contribution in [-0.4, -0.2) is 19.2 Å². The maximum absolute atomic E-state index is 11.0. The molecule has 82 valence electrons. The van der Waals surface area contributed by atoms with Gasteiger partial charge in [-0.3, -0.25) is 0 Å². The molecule has 0 aliphatic carbocycles. The SMILES string of the molecule is C=C(CC)OC(=O)COCCC(C)C. The fraction of sp³-hybridized carbons (Fsp3) is 0.727. The first-order chi connectivity index (χ1) is 6.56. The lowest BCUT2D eigenvalue weighted by atomic mass is 10.1. The summed E-state index contributed by atoms with van der Waals surface area (Å²) < 4.78 is 9.98. The minimum Gasteiger partial charge on any atom is -0.430 e. The van der Waals surface area contributed by atoms with Crippen LogP contribution in [0.25, 0.3) is 0 Å². The fourth-order valence-electron chi connectivity index (χ4n) is 0.737. The van der Waals surface area contributed by atoms with Crippen LogP contribution in [0.4, 0.5) is 0 Å². The highest BCUT2D eigenvalue weighted by atomic mass is 16.6. The second kappa shape index (κ2) is 7.56. The summed E-state index contributed by atoms with van der Waals surface area (Å²) in [4.78, 5) is 11.0. The van der Waals surface area contributed by atoms with E-state index in [2.05, 4.69) is 20.4 Å². The molecule has 14 heavy (non-hydrogen) atoms. The van der Waals surface area contributed by atoms with E-state index < -0.39 is 0 Å². The lowest BCUT2D eigenvalue weighted by molar-refractivity contribution is -0.145. The van der Waals surface area contributed by atoms with E-state index in [1.165, 1.54) is 0 Å². The molecule has 0 spiro atoms. The van der Waals surface area contributed by atoms with Crippen LogP contribution in [0.1, 0.15) is 33.6 Å². The van der Waals surface area contributed by atoms with Crippen molar-refractivity contribution in [1.82, 2.24) is 0 Å². The summed E-state index contributed by atoms with van der Waals surface area (Å²) in [5.41, 5.74) is 0. The largest absolute Gasteiger partial charge is 0.430 e. The van der Waals surface area contributed by atoms with E-state index in [4.69, 9.17) is 9.47 Å². The number of hydrogen-bond donors (Lipinski definition) is 0. The summed E-state index contributed by atoms with van der Waals surface area (Å²) in [5.74, 6) is 0.722. The first-order valence-electron chi connectivity index (χ1n) is 5.02. The predicted molar refractivity (Wildman–Crippen MR) is 55.8 cm³/mol. The molecule has 0 saturated heterocycles. The van der Waals surface area contributed by atoms with Gasteiger partial charge in [-0.2, -0.15) is 0 Å². The average molecular weight is 200 g/mol. The first-order valence-corrected chi connectivity index (χ1v) is 5.02. The number of esters is 1. The molecule has 0 fully saturated rings. The quantitative estimate of drug-likeness (QED) is 0.360. The van der Waals surface area contributed by atoms with Gasteiger partial charge in [0.1, 0.15) is 12.4 Å². The van der Waals surface area contributed by atoms with Gasteiger partial charge in [-0.15, -0.1) is 0 Å². The molecule has 0 N–H and O–H groups in total. The van der Waals surface area contributed by atoms with Crippen molar-refractivity contribution in [3.63, 3.8) is 0 Å². The van der Waals surface area contributed by atoms with Gasteiger partial charge >= 0.3 is 5.97 Å². The molecule has 0 aromatic heterocycles. The molecule has 0 radical (unpaired) electrons. The molecule has 3 nitrogen and oxygen atoms in total. The minimum absolute atomic E-state index is 0.0196. The van der Waals surface area contributed by atoms with E-state index in [9.17, 15) is 4.79 Å². The summed E-state index contributed by atoms with van der Waals surface area (Å²) in [5, 5.41) is 0. The topological polar surface area (TPSA) is 35.5 Å². The van der Waals surface area contributed by atoms with Crippen molar-refractivity contribution in [1.29, 1.82) is 0 Å². The molecular formula is C11H20O3. The zero-order valence-electron chi connectivity index (χ0n) is 9.34. The van der Waals surface area contributed by atoms with Crippen molar-refractivity contribution in [2.45, 2.75) is 33.6 Å². The standard InChI is InChI=1S/C11H20O3/c1-5-10(4)14-11(12)8-13-7-6-9(2)3/h9H,4-8H2,1-3H3. The third-order valence-corrected chi connectivity index (χ3v) is 1.71. The summed E-state index contributed by atoms with van der Waals surface area (Å²) in [6.07, 6.45) is 1.61. The van der Waals surface area contributed by atoms with Gasteiger partial charge in [0.25, 0.3) is 0 Å². The molecule has 0 atom stereocenters. The Kier molecular flexibility index (Phi) is 7.11. The van der Waals surface area contributed by atoms with Crippen LogP contribution in [0.2, 0.25) is 0 Å². The van der Waals surface area contributed by atoms with Gasteiger partial charge in [-0.25, -0.2) is 4.79 Å². The Balaban J connectivity index is 3.40. The van der Waals surface area contributed by atoms with Crippen molar-refractivity contribution in [3.05, 3.63) is 12.3 Å².